The lowest BCUT2D eigenvalue weighted by Gasteiger charge is -2.30. The molecule has 0 heterocycles. The maximum atomic E-state index is 12.9. The molecule has 0 bridgehead atoms. The predicted molar refractivity (Wildman–Crippen MR) is 107 cm³/mol. The maximum absolute atomic E-state index is 12.9. The third-order valence-electron chi connectivity index (χ3n) is 4.41. The molecular formula is C21H25ClN2O3. The van der Waals surface area contributed by atoms with Crippen LogP contribution in [0.3, 0.4) is 0 Å². The molecule has 0 radical (unpaired) electrons. The molecule has 27 heavy (non-hydrogen) atoms. The Balaban J connectivity index is 2.19. The Morgan fingerprint density at radius 2 is 1.81 bits per heavy atom. The van der Waals surface area contributed by atoms with Crippen molar-refractivity contribution in [3.05, 3.63) is 64.7 Å². The van der Waals surface area contributed by atoms with Crippen LogP contribution in [0.2, 0.25) is 5.02 Å². The fourth-order valence-corrected chi connectivity index (χ4v) is 2.94. The average molecular weight is 389 g/mol. The zero-order valence-electron chi connectivity index (χ0n) is 15.9. The van der Waals surface area contributed by atoms with E-state index in [2.05, 4.69) is 5.32 Å². The lowest BCUT2D eigenvalue weighted by atomic mass is 10.1. The van der Waals surface area contributed by atoms with Crippen LogP contribution in [-0.4, -0.2) is 36.4 Å². The lowest BCUT2D eigenvalue weighted by molar-refractivity contribution is -0.142. The molecule has 0 unspecified atom stereocenters. The van der Waals surface area contributed by atoms with Crippen molar-refractivity contribution < 1.29 is 14.3 Å². The largest absolute Gasteiger partial charge is 0.484 e. The molecule has 1 N–H and O–H groups in total. The van der Waals surface area contributed by atoms with Gasteiger partial charge in [0, 0.05) is 18.6 Å². The molecular weight excluding hydrogens is 364 g/mol. The number of likely N-dealkylation sites (N-methyl/N-ethyl adjacent to an activating group) is 1. The van der Waals surface area contributed by atoms with Gasteiger partial charge in [0.2, 0.25) is 5.91 Å². The van der Waals surface area contributed by atoms with Crippen LogP contribution in [0, 0.1) is 6.92 Å². The van der Waals surface area contributed by atoms with Gasteiger partial charge in [0.15, 0.2) is 6.61 Å². The average Bonchev–Trinajstić information content (AvgIpc) is 2.68. The van der Waals surface area contributed by atoms with Gasteiger partial charge in [0.25, 0.3) is 5.91 Å². The van der Waals surface area contributed by atoms with E-state index in [1.54, 1.807) is 36.2 Å². The highest BCUT2D eigenvalue weighted by atomic mass is 35.5. The Labute approximate surface area is 165 Å². The van der Waals surface area contributed by atoms with Crippen LogP contribution in [0.15, 0.2) is 48.5 Å². The summed E-state index contributed by atoms with van der Waals surface area (Å²) < 4.78 is 5.60. The molecule has 0 saturated heterocycles. The van der Waals surface area contributed by atoms with Crippen LogP contribution >= 0.6 is 11.6 Å². The maximum Gasteiger partial charge on any atom is 0.261 e. The van der Waals surface area contributed by atoms with E-state index in [0.29, 0.717) is 23.7 Å². The highest BCUT2D eigenvalue weighted by Crippen LogP contribution is 2.18. The molecule has 0 fully saturated rings. The quantitative estimate of drug-likeness (QED) is 0.751. The zero-order chi connectivity index (χ0) is 19.8. The van der Waals surface area contributed by atoms with Crippen molar-refractivity contribution in [3.8, 4) is 5.75 Å². The number of rotatable bonds is 8. The third kappa shape index (κ3) is 5.73. The number of hydrogen-bond donors (Lipinski definition) is 1. The SMILES string of the molecule is CC[C@H](C(=O)NC)N(Cc1ccccc1C)C(=O)COc1ccc(Cl)cc1. The van der Waals surface area contributed by atoms with Crippen LogP contribution in [0.1, 0.15) is 24.5 Å². The molecule has 5 nitrogen and oxygen atoms in total. The fraction of sp³-hybridized carbons (Fsp3) is 0.333. The first-order valence-corrected chi connectivity index (χ1v) is 9.28. The normalized spacial score (nSPS) is 11.6. The van der Waals surface area contributed by atoms with Gasteiger partial charge in [-0.3, -0.25) is 9.59 Å². The summed E-state index contributed by atoms with van der Waals surface area (Å²) in [4.78, 5) is 26.8. The molecule has 2 aromatic rings. The number of nitrogens with zero attached hydrogens (tertiary/aromatic N) is 1. The summed E-state index contributed by atoms with van der Waals surface area (Å²) >= 11 is 5.87. The third-order valence-corrected chi connectivity index (χ3v) is 4.66. The Morgan fingerprint density at radius 1 is 1.15 bits per heavy atom. The van der Waals surface area contributed by atoms with Crippen LogP contribution in [0.5, 0.6) is 5.75 Å². The highest BCUT2D eigenvalue weighted by molar-refractivity contribution is 6.30. The summed E-state index contributed by atoms with van der Waals surface area (Å²) in [6, 6.07) is 14.1. The standard InChI is InChI=1S/C21H25ClN2O3/c1-4-19(21(26)23-3)24(13-16-8-6-5-7-15(16)2)20(25)14-27-18-11-9-17(22)10-12-18/h5-12,19H,4,13-14H2,1-3H3,(H,23,26)/t19-/m1/s1. The zero-order valence-corrected chi connectivity index (χ0v) is 16.6. The summed E-state index contributed by atoms with van der Waals surface area (Å²) in [5.41, 5.74) is 2.07. The second kappa shape index (κ2) is 9.97. The first-order valence-electron chi connectivity index (χ1n) is 8.90. The predicted octanol–water partition coefficient (Wildman–Crippen LogP) is 3.58. The Hall–Kier alpha value is -2.53. The van der Waals surface area contributed by atoms with Gasteiger partial charge in [0.05, 0.1) is 0 Å². The van der Waals surface area contributed by atoms with Crippen molar-refractivity contribution in [2.45, 2.75) is 32.9 Å². The molecule has 0 aliphatic carbocycles. The highest BCUT2D eigenvalue weighted by Gasteiger charge is 2.28. The molecule has 1 atom stereocenters. The molecule has 2 aromatic carbocycles. The molecule has 0 spiro atoms. The van der Waals surface area contributed by atoms with Crippen molar-refractivity contribution in [1.82, 2.24) is 10.2 Å². The summed E-state index contributed by atoms with van der Waals surface area (Å²) in [7, 11) is 1.58. The van der Waals surface area contributed by atoms with Crippen LogP contribution in [-0.2, 0) is 16.1 Å². The van der Waals surface area contributed by atoms with E-state index < -0.39 is 6.04 Å². The number of amides is 2. The molecule has 0 aliphatic rings. The van der Waals surface area contributed by atoms with Crippen LogP contribution in [0.4, 0.5) is 0 Å². The van der Waals surface area contributed by atoms with Crippen molar-refractivity contribution in [2.75, 3.05) is 13.7 Å². The molecule has 0 aromatic heterocycles. The minimum Gasteiger partial charge on any atom is -0.484 e. The van der Waals surface area contributed by atoms with Gasteiger partial charge in [-0.05, 0) is 48.7 Å². The summed E-state index contributed by atoms with van der Waals surface area (Å²) in [5.74, 6) is 0.117. The second-order valence-corrected chi connectivity index (χ2v) is 6.67. The summed E-state index contributed by atoms with van der Waals surface area (Å²) in [6.07, 6.45) is 0.512. The van der Waals surface area contributed by atoms with Gasteiger partial charge in [-0.2, -0.15) is 0 Å². The summed E-state index contributed by atoms with van der Waals surface area (Å²) in [5, 5.41) is 3.24. The van der Waals surface area contributed by atoms with E-state index >= 15 is 0 Å². The van der Waals surface area contributed by atoms with Gasteiger partial charge in [-0.15, -0.1) is 0 Å². The molecule has 0 aliphatic heterocycles. The number of ether oxygens (including phenoxy) is 1. The number of benzene rings is 2. The summed E-state index contributed by atoms with van der Waals surface area (Å²) in [6.45, 7) is 4.07. The van der Waals surface area contributed by atoms with E-state index in [-0.39, 0.29) is 18.4 Å². The van der Waals surface area contributed by atoms with Crippen LogP contribution in [0.25, 0.3) is 0 Å². The monoisotopic (exact) mass is 388 g/mol. The van der Waals surface area contributed by atoms with Gasteiger partial charge < -0.3 is 15.0 Å². The topological polar surface area (TPSA) is 58.6 Å². The fourth-order valence-electron chi connectivity index (χ4n) is 2.82. The Morgan fingerprint density at radius 3 is 2.41 bits per heavy atom. The lowest BCUT2D eigenvalue weighted by Crippen LogP contribution is -2.49. The molecule has 6 heteroatoms. The van der Waals surface area contributed by atoms with E-state index in [9.17, 15) is 9.59 Å². The van der Waals surface area contributed by atoms with E-state index in [1.807, 2.05) is 38.1 Å². The van der Waals surface area contributed by atoms with Gasteiger partial charge in [0.1, 0.15) is 11.8 Å². The number of carbonyl (C=O) groups is 2. The van der Waals surface area contributed by atoms with E-state index in [1.165, 1.54) is 0 Å². The smallest absolute Gasteiger partial charge is 0.261 e. The number of aryl methyl sites for hydroxylation is 1. The minimum atomic E-state index is -0.559. The van der Waals surface area contributed by atoms with Gasteiger partial charge >= 0.3 is 0 Å². The number of nitrogens with one attached hydrogen (secondary N) is 1. The van der Waals surface area contributed by atoms with Gasteiger partial charge in [-0.25, -0.2) is 0 Å². The molecule has 0 saturated carbocycles. The Bertz CT molecular complexity index is 777. The van der Waals surface area contributed by atoms with Crippen molar-refractivity contribution >= 4 is 23.4 Å². The van der Waals surface area contributed by atoms with Crippen LogP contribution < -0.4 is 10.1 Å². The number of carbonyl (C=O) groups excluding carboxylic acids is 2. The number of hydrogen-bond acceptors (Lipinski definition) is 3. The first kappa shape index (κ1) is 20.8. The molecule has 144 valence electrons. The van der Waals surface area contributed by atoms with E-state index in [4.69, 9.17) is 16.3 Å². The molecule has 2 amide bonds. The van der Waals surface area contributed by atoms with Crippen molar-refractivity contribution in [2.24, 2.45) is 0 Å². The molecule has 2 rings (SSSR count). The minimum absolute atomic E-state index is 0.152. The van der Waals surface area contributed by atoms with Gasteiger partial charge in [-0.1, -0.05) is 42.8 Å². The van der Waals surface area contributed by atoms with Crippen molar-refractivity contribution in [1.29, 1.82) is 0 Å². The van der Waals surface area contributed by atoms with Crippen molar-refractivity contribution in [3.63, 3.8) is 0 Å². The second-order valence-electron chi connectivity index (χ2n) is 6.23. The first-order chi connectivity index (χ1) is 13.0. The number of halogens is 1. The van der Waals surface area contributed by atoms with E-state index in [0.717, 1.165) is 11.1 Å². The Kier molecular flexibility index (Phi) is 7.67.